The molecule has 0 atom stereocenters. The second-order valence-electron chi connectivity index (χ2n) is 6.99. The number of nitrogens with zero attached hydrogens (tertiary/aromatic N) is 5. The van der Waals surface area contributed by atoms with Crippen LogP contribution in [0.1, 0.15) is 10.5 Å². The average molecular weight is 382 g/mol. The van der Waals surface area contributed by atoms with Crippen molar-refractivity contribution in [1.82, 2.24) is 24.7 Å². The smallest absolute Gasteiger partial charge is 0.272 e. The number of carbonyl (C=O) groups is 2. The van der Waals surface area contributed by atoms with E-state index in [1.165, 1.54) is 0 Å². The fourth-order valence-corrected chi connectivity index (χ4v) is 2.96. The highest BCUT2D eigenvalue weighted by Gasteiger charge is 2.23. The SMILES string of the molecule is CN(C)CCNc1cc(C(=O)N2CCN(C=O)CC2)nc(-c2ccccc2)n1. The van der Waals surface area contributed by atoms with Gasteiger partial charge in [0, 0.05) is 50.9 Å². The highest BCUT2D eigenvalue weighted by atomic mass is 16.2. The highest BCUT2D eigenvalue weighted by Crippen LogP contribution is 2.19. The van der Waals surface area contributed by atoms with Crippen LogP contribution in [-0.2, 0) is 4.79 Å². The molecule has 2 aromatic rings. The fraction of sp³-hybridized carbons (Fsp3) is 0.400. The van der Waals surface area contributed by atoms with Crippen molar-refractivity contribution in [3.05, 3.63) is 42.1 Å². The van der Waals surface area contributed by atoms with Gasteiger partial charge in [-0.15, -0.1) is 0 Å². The zero-order valence-corrected chi connectivity index (χ0v) is 16.3. The lowest BCUT2D eigenvalue weighted by atomic mass is 10.2. The first kappa shape index (κ1) is 19.8. The molecule has 0 aliphatic carbocycles. The summed E-state index contributed by atoms with van der Waals surface area (Å²) in [5.41, 5.74) is 1.22. The second kappa shape index (κ2) is 9.27. The topological polar surface area (TPSA) is 81.7 Å². The van der Waals surface area contributed by atoms with E-state index in [4.69, 9.17) is 0 Å². The minimum atomic E-state index is -0.138. The Balaban J connectivity index is 1.84. The van der Waals surface area contributed by atoms with Gasteiger partial charge in [0.15, 0.2) is 5.82 Å². The van der Waals surface area contributed by atoms with E-state index in [0.29, 0.717) is 50.1 Å². The van der Waals surface area contributed by atoms with Crippen molar-refractivity contribution < 1.29 is 9.59 Å². The summed E-state index contributed by atoms with van der Waals surface area (Å²) in [7, 11) is 4.01. The average Bonchev–Trinajstić information content (AvgIpc) is 2.73. The number of hydrogen-bond acceptors (Lipinski definition) is 6. The Bertz CT molecular complexity index is 804. The van der Waals surface area contributed by atoms with Gasteiger partial charge >= 0.3 is 0 Å². The summed E-state index contributed by atoms with van der Waals surface area (Å²) >= 11 is 0. The van der Waals surface area contributed by atoms with E-state index in [0.717, 1.165) is 18.5 Å². The summed E-state index contributed by atoms with van der Waals surface area (Å²) in [6.45, 7) is 3.66. The first-order chi connectivity index (χ1) is 13.6. The minimum Gasteiger partial charge on any atom is -0.369 e. The monoisotopic (exact) mass is 382 g/mol. The second-order valence-corrected chi connectivity index (χ2v) is 6.99. The quantitative estimate of drug-likeness (QED) is 0.721. The first-order valence-electron chi connectivity index (χ1n) is 9.38. The van der Waals surface area contributed by atoms with E-state index in [1.807, 2.05) is 44.4 Å². The molecule has 1 saturated heterocycles. The maximum Gasteiger partial charge on any atom is 0.272 e. The van der Waals surface area contributed by atoms with Crippen molar-refractivity contribution in [2.24, 2.45) is 0 Å². The molecule has 3 rings (SSSR count). The minimum absolute atomic E-state index is 0.138. The third-order valence-electron chi connectivity index (χ3n) is 4.59. The number of nitrogens with one attached hydrogen (secondary N) is 1. The van der Waals surface area contributed by atoms with Crippen molar-refractivity contribution >= 4 is 18.1 Å². The first-order valence-corrected chi connectivity index (χ1v) is 9.38. The molecular formula is C20H26N6O2. The van der Waals surface area contributed by atoms with Gasteiger partial charge in [-0.25, -0.2) is 9.97 Å². The fourth-order valence-electron chi connectivity index (χ4n) is 2.96. The summed E-state index contributed by atoms with van der Waals surface area (Å²) in [6, 6.07) is 11.3. The van der Waals surface area contributed by atoms with Gasteiger partial charge in [-0.3, -0.25) is 9.59 Å². The number of hydrogen-bond donors (Lipinski definition) is 1. The van der Waals surface area contributed by atoms with Crippen LogP contribution in [0.5, 0.6) is 0 Å². The number of amides is 2. The zero-order valence-electron chi connectivity index (χ0n) is 16.3. The third-order valence-corrected chi connectivity index (χ3v) is 4.59. The van der Waals surface area contributed by atoms with Crippen molar-refractivity contribution in [3.63, 3.8) is 0 Å². The maximum atomic E-state index is 13.0. The molecule has 1 aliphatic rings. The zero-order chi connectivity index (χ0) is 19.9. The molecule has 2 heterocycles. The van der Waals surface area contributed by atoms with Crippen LogP contribution in [-0.4, -0.2) is 90.3 Å². The molecule has 28 heavy (non-hydrogen) atoms. The maximum absolute atomic E-state index is 13.0. The number of anilines is 1. The Hall–Kier alpha value is -3.00. The Morgan fingerprint density at radius 2 is 1.86 bits per heavy atom. The Kier molecular flexibility index (Phi) is 6.54. The molecule has 1 aliphatic heterocycles. The number of piperazine rings is 1. The van der Waals surface area contributed by atoms with Crippen LogP contribution in [0, 0.1) is 0 Å². The predicted octanol–water partition coefficient (Wildman–Crippen LogP) is 1.03. The molecule has 0 spiro atoms. The van der Waals surface area contributed by atoms with Crippen molar-refractivity contribution in [2.75, 3.05) is 58.7 Å². The van der Waals surface area contributed by atoms with Crippen molar-refractivity contribution in [1.29, 1.82) is 0 Å². The Morgan fingerprint density at radius 3 is 2.50 bits per heavy atom. The van der Waals surface area contributed by atoms with E-state index in [-0.39, 0.29) is 5.91 Å². The summed E-state index contributed by atoms with van der Waals surface area (Å²) in [5.74, 6) is 1.01. The van der Waals surface area contributed by atoms with Gasteiger partial charge < -0.3 is 20.0 Å². The third kappa shape index (κ3) is 5.04. The van der Waals surface area contributed by atoms with Gasteiger partial charge in [0.25, 0.3) is 5.91 Å². The largest absolute Gasteiger partial charge is 0.369 e. The molecule has 1 aromatic carbocycles. The van der Waals surface area contributed by atoms with E-state index in [1.54, 1.807) is 15.9 Å². The number of aromatic nitrogens is 2. The lowest BCUT2D eigenvalue weighted by Gasteiger charge is -2.32. The molecule has 0 unspecified atom stereocenters. The van der Waals surface area contributed by atoms with Gasteiger partial charge in [-0.2, -0.15) is 0 Å². The molecule has 1 N–H and O–H groups in total. The number of likely N-dealkylation sites (N-methyl/N-ethyl adjacent to an activating group) is 1. The summed E-state index contributed by atoms with van der Waals surface area (Å²) in [6.07, 6.45) is 0.826. The van der Waals surface area contributed by atoms with Crippen molar-refractivity contribution in [3.8, 4) is 11.4 Å². The highest BCUT2D eigenvalue weighted by molar-refractivity contribution is 5.93. The molecule has 0 radical (unpaired) electrons. The molecule has 1 fully saturated rings. The lowest BCUT2D eigenvalue weighted by Crippen LogP contribution is -2.48. The molecular weight excluding hydrogens is 356 g/mol. The summed E-state index contributed by atoms with van der Waals surface area (Å²) in [4.78, 5) is 38.5. The molecule has 0 saturated carbocycles. The van der Waals surface area contributed by atoms with E-state index < -0.39 is 0 Å². The molecule has 8 heteroatoms. The van der Waals surface area contributed by atoms with Gasteiger partial charge in [0.2, 0.25) is 6.41 Å². The molecule has 8 nitrogen and oxygen atoms in total. The number of benzene rings is 1. The van der Waals surface area contributed by atoms with Gasteiger partial charge in [0.1, 0.15) is 11.5 Å². The molecule has 1 aromatic heterocycles. The van der Waals surface area contributed by atoms with Gasteiger partial charge in [-0.05, 0) is 14.1 Å². The predicted molar refractivity (Wildman–Crippen MR) is 108 cm³/mol. The lowest BCUT2D eigenvalue weighted by molar-refractivity contribution is -0.119. The standard InChI is InChI=1S/C20H26N6O2/c1-24(2)9-8-21-18-14-17(20(28)26-12-10-25(15-27)11-13-26)22-19(23-18)16-6-4-3-5-7-16/h3-7,14-15H,8-13H2,1-2H3,(H,21,22,23). The van der Waals surface area contributed by atoms with Crippen LogP contribution < -0.4 is 5.32 Å². The van der Waals surface area contributed by atoms with E-state index in [2.05, 4.69) is 20.2 Å². The van der Waals surface area contributed by atoms with Crippen molar-refractivity contribution in [2.45, 2.75) is 0 Å². The Morgan fingerprint density at radius 1 is 1.14 bits per heavy atom. The summed E-state index contributed by atoms with van der Waals surface area (Å²) in [5, 5.41) is 3.28. The number of rotatable bonds is 7. The normalized spacial score (nSPS) is 14.2. The molecule has 2 amide bonds. The molecule has 148 valence electrons. The van der Waals surface area contributed by atoms with Crippen LogP contribution in [0.2, 0.25) is 0 Å². The van der Waals surface area contributed by atoms with E-state index in [9.17, 15) is 9.59 Å². The van der Waals surface area contributed by atoms with E-state index >= 15 is 0 Å². The Labute approximate surface area is 165 Å². The van der Waals surface area contributed by atoms with Gasteiger partial charge in [0.05, 0.1) is 0 Å². The van der Waals surface area contributed by atoms with Crippen LogP contribution >= 0.6 is 0 Å². The van der Waals surface area contributed by atoms with Gasteiger partial charge in [-0.1, -0.05) is 30.3 Å². The number of carbonyl (C=O) groups excluding carboxylic acids is 2. The van der Waals surface area contributed by atoms with Crippen LogP contribution in [0.3, 0.4) is 0 Å². The van der Waals surface area contributed by atoms with Crippen LogP contribution in [0.15, 0.2) is 36.4 Å². The van der Waals surface area contributed by atoms with Crippen LogP contribution in [0.25, 0.3) is 11.4 Å². The molecule has 0 bridgehead atoms. The summed E-state index contributed by atoms with van der Waals surface area (Å²) < 4.78 is 0. The van der Waals surface area contributed by atoms with Crippen LogP contribution in [0.4, 0.5) is 5.82 Å².